The summed E-state index contributed by atoms with van der Waals surface area (Å²) in [5.74, 6) is -2.20. The minimum absolute atomic E-state index is 0.205. The number of aromatic nitrogens is 3. The third-order valence-corrected chi connectivity index (χ3v) is 4.19. The minimum atomic E-state index is -1.37. The van der Waals surface area contributed by atoms with E-state index < -0.39 is 47.6 Å². The van der Waals surface area contributed by atoms with Gasteiger partial charge in [-0.25, -0.2) is 9.78 Å². The molecule has 1 saturated heterocycles. The smallest absolute Gasteiger partial charge is 0.354 e. The van der Waals surface area contributed by atoms with Gasteiger partial charge in [-0.1, -0.05) is 6.92 Å². The normalized spacial score (nSPS) is 26.5. The van der Waals surface area contributed by atoms with Gasteiger partial charge in [0.1, 0.15) is 18.5 Å². The Morgan fingerprint density at radius 3 is 2.36 bits per heavy atom. The molecule has 154 valence electrons. The summed E-state index contributed by atoms with van der Waals surface area (Å²) in [6, 6.07) is 0. The fraction of sp³-hybridized carbons (Fsp3) is 0.625. The second kappa shape index (κ2) is 8.33. The highest BCUT2D eigenvalue weighted by atomic mass is 16.7. The van der Waals surface area contributed by atoms with Crippen LogP contribution in [0.3, 0.4) is 0 Å². The summed E-state index contributed by atoms with van der Waals surface area (Å²) in [5.41, 5.74) is 3.22. The van der Waals surface area contributed by atoms with Crippen LogP contribution in [0.1, 0.15) is 40.3 Å². The molecule has 0 saturated carbocycles. The monoisotopic (exact) mass is 398 g/mol. The molecule has 1 aromatic rings. The second-order valence-electron chi connectivity index (χ2n) is 6.22. The van der Waals surface area contributed by atoms with E-state index in [2.05, 4.69) is 9.97 Å². The SMILES string of the molecule is CC[C@]1(COC(C)=O)O[C@@H](n2cnc(N)nc2=O)C(OC(C)=O)C1OC(C)=O. The third kappa shape index (κ3) is 4.44. The lowest BCUT2D eigenvalue weighted by atomic mass is 9.92. The van der Waals surface area contributed by atoms with Crippen molar-refractivity contribution >= 4 is 23.9 Å². The number of rotatable bonds is 6. The van der Waals surface area contributed by atoms with E-state index in [1.54, 1.807) is 6.92 Å². The van der Waals surface area contributed by atoms with Crippen LogP contribution in [0.25, 0.3) is 0 Å². The number of nitrogens with zero attached hydrogens (tertiary/aromatic N) is 3. The molecule has 1 aliphatic rings. The van der Waals surface area contributed by atoms with Crippen LogP contribution in [0.2, 0.25) is 0 Å². The molecule has 1 fully saturated rings. The van der Waals surface area contributed by atoms with E-state index in [9.17, 15) is 19.2 Å². The van der Waals surface area contributed by atoms with Crippen molar-refractivity contribution in [2.75, 3.05) is 12.3 Å². The molecule has 28 heavy (non-hydrogen) atoms. The molecule has 2 unspecified atom stereocenters. The number of nitrogen functional groups attached to an aromatic ring is 1. The molecular weight excluding hydrogens is 376 g/mol. The molecule has 12 nitrogen and oxygen atoms in total. The van der Waals surface area contributed by atoms with E-state index in [0.717, 1.165) is 17.8 Å². The van der Waals surface area contributed by atoms with Gasteiger partial charge in [0.2, 0.25) is 5.95 Å². The quantitative estimate of drug-likeness (QED) is 0.477. The van der Waals surface area contributed by atoms with Gasteiger partial charge in [-0.3, -0.25) is 19.0 Å². The zero-order valence-corrected chi connectivity index (χ0v) is 15.9. The maximum atomic E-state index is 12.3. The van der Waals surface area contributed by atoms with E-state index in [1.807, 2.05) is 0 Å². The van der Waals surface area contributed by atoms with E-state index in [-0.39, 0.29) is 19.0 Å². The van der Waals surface area contributed by atoms with Crippen molar-refractivity contribution in [1.29, 1.82) is 0 Å². The van der Waals surface area contributed by atoms with Gasteiger partial charge in [-0.05, 0) is 6.42 Å². The average Bonchev–Trinajstić information content (AvgIpc) is 2.86. The van der Waals surface area contributed by atoms with Crippen LogP contribution in [0, 0.1) is 0 Å². The molecule has 1 aromatic heterocycles. The first-order valence-corrected chi connectivity index (χ1v) is 8.46. The Balaban J connectivity index is 2.56. The van der Waals surface area contributed by atoms with Crippen LogP contribution in [0.4, 0.5) is 5.95 Å². The van der Waals surface area contributed by atoms with Gasteiger partial charge in [-0.2, -0.15) is 4.98 Å². The van der Waals surface area contributed by atoms with E-state index >= 15 is 0 Å². The van der Waals surface area contributed by atoms with Crippen molar-refractivity contribution < 1.29 is 33.3 Å². The largest absolute Gasteiger partial charge is 0.463 e. The van der Waals surface area contributed by atoms with Gasteiger partial charge in [0.25, 0.3) is 0 Å². The van der Waals surface area contributed by atoms with Crippen LogP contribution in [0.5, 0.6) is 0 Å². The molecule has 0 amide bonds. The lowest BCUT2D eigenvalue weighted by Gasteiger charge is -2.32. The van der Waals surface area contributed by atoms with E-state index in [4.69, 9.17) is 24.7 Å². The first-order chi connectivity index (χ1) is 13.1. The molecule has 0 spiro atoms. The molecule has 0 aliphatic carbocycles. The predicted octanol–water partition coefficient (Wildman–Crippen LogP) is -0.675. The average molecular weight is 398 g/mol. The molecule has 0 aromatic carbocycles. The number of carbonyl (C=O) groups is 3. The number of hydrogen-bond acceptors (Lipinski definition) is 11. The van der Waals surface area contributed by atoms with Crippen molar-refractivity contribution in [1.82, 2.24) is 14.5 Å². The minimum Gasteiger partial charge on any atom is -0.463 e. The second-order valence-corrected chi connectivity index (χ2v) is 6.22. The number of anilines is 1. The Labute approximate surface area is 159 Å². The van der Waals surface area contributed by atoms with Gasteiger partial charge in [0.05, 0.1) is 0 Å². The Morgan fingerprint density at radius 1 is 1.21 bits per heavy atom. The molecular formula is C16H22N4O8. The number of hydrogen-bond donors (Lipinski definition) is 1. The first kappa shape index (κ1) is 21.3. The fourth-order valence-corrected chi connectivity index (χ4v) is 2.96. The van der Waals surface area contributed by atoms with E-state index in [1.165, 1.54) is 13.8 Å². The van der Waals surface area contributed by atoms with Crippen LogP contribution in [0.15, 0.2) is 11.1 Å². The highest BCUT2D eigenvalue weighted by Crippen LogP contribution is 2.42. The lowest BCUT2D eigenvalue weighted by molar-refractivity contribution is -0.178. The number of esters is 3. The van der Waals surface area contributed by atoms with Crippen molar-refractivity contribution in [2.45, 2.75) is 58.2 Å². The fourth-order valence-electron chi connectivity index (χ4n) is 2.96. The van der Waals surface area contributed by atoms with Crippen LogP contribution in [-0.4, -0.2) is 56.9 Å². The zero-order chi connectivity index (χ0) is 21.1. The van der Waals surface area contributed by atoms with Crippen LogP contribution < -0.4 is 11.4 Å². The molecule has 0 radical (unpaired) electrons. The van der Waals surface area contributed by atoms with Crippen molar-refractivity contribution in [3.63, 3.8) is 0 Å². The summed E-state index contributed by atoms with van der Waals surface area (Å²) in [6.07, 6.45) is -2.34. The molecule has 2 rings (SSSR count). The summed E-state index contributed by atoms with van der Waals surface area (Å²) in [5, 5.41) is 0. The number of carbonyl (C=O) groups excluding carboxylic acids is 3. The van der Waals surface area contributed by atoms with Gasteiger partial charge < -0.3 is 24.7 Å². The third-order valence-electron chi connectivity index (χ3n) is 4.19. The Hall–Kier alpha value is -3.02. The maximum absolute atomic E-state index is 12.3. The predicted molar refractivity (Wildman–Crippen MR) is 91.6 cm³/mol. The van der Waals surface area contributed by atoms with Crippen molar-refractivity contribution in [3.8, 4) is 0 Å². The van der Waals surface area contributed by atoms with Gasteiger partial charge >= 0.3 is 23.6 Å². The molecule has 12 heteroatoms. The number of nitrogens with two attached hydrogens (primary N) is 1. The van der Waals surface area contributed by atoms with Gasteiger partial charge in [0.15, 0.2) is 18.4 Å². The molecule has 4 atom stereocenters. The molecule has 2 heterocycles. The van der Waals surface area contributed by atoms with Crippen molar-refractivity contribution in [3.05, 3.63) is 16.8 Å². The summed E-state index contributed by atoms with van der Waals surface area (Å²) in [4.78, 5) is 54.2. The molecule has 2 N–H and O–H groups in total. The van der Waals surface area contributed by atoms with Crippen molar-refractivity contribution in [2.24, 2.45) is 0 Å². The zero-order valence-electron chi connectivity index (χ0n) is 15.9. The standard InChI is InChI=1S/C16H22N4O8/c1-5-16(6-25-8(2)21)12(27-10(4)23)11(26-9(3)22)13(28-16)20-7-18-14(17)19-15(20)24/h7,11-13H,5-6H2,1-4H3,(H2,17,19,24)/t11?,12?,13-,16-/m1/s1. The van der Waals surface area contributed by atoms with E-state index in [0.29, 0.717) is 0 Å². The highest BCUT2D eigenvalue weighted by Gasteiger charge is 2.60. The topological polar surface area (TPSA) is 162 Å². The summed E-state index contributed by atoms with van der Waals surface area (Å²) in [7, 11) is 0. The Bertz CT molecular complexity index is 825. The summed E-state index contributed by atoms with van der Waals surface area (Å²) >= 11 is 0. The van der Waals surface area contributed by atoms with Gasteiger partial charge in [0, 0.05) is 20.8 Å². The van der Waals surface area contributed by atoms with Gasteiger partial charge in [-0.15, -0.1) is 0 Å². The summed E-state index contributed by atoms with van der Waals surface area (Å²) in [6.45, 7) is 4.94. The van der Waals surface area contributed by atoms with Crippen LogP contribution in [-0.2, 0) is 33.3 Å². The molecule has 0 bridgehead atoms. The lowest BCUT2D eigenvalue weighted by Crippen LogP contribution is -2.50. The first-order valence-electron chi connectivity index (χ1n) is 8.46. The maximum Gasteiger partial charge on any atom is 0.354 e. The summed E-state index contributed by atoms with van der Waals surface area (Å²) < 4.78 is 22.7. The Morgan fingerprint density at radius 2 is 1.86 bits per heavy atom. The number of ether oxygens (including phenoxy) is 4. The Kier molecular flexibility index (Phi) is 6.33. The van der Waals surface area contributed by atoms with Crippen LogP contribution >= 0.6 is 0 Å². The molecule has 1 aliphatic heterocycles. The highest BCUT2D eigenvalue weighted by molar-refractivity contribution is 5.68.